The molecule has 0 fully saturated rings. The van der Waals surface area contributed by atoms with Gasteiger partial charge < -0.3 is 4.43 Å². The van der Waals surface area contributed by atoms with Crippen LogP contribution in [-0.4, -0.2) is 20.2 Å². The van der Waals surface area contributed by atoms with Crippen LogP contribution in [0.3, 0.4) is 0 Å². The second kappa shape index (κ2) is 6.69. The fourth-order valence-electron chi connectivity index (χ4n) is 1.44. The first kappa shape index (κ1) is 16.8. The summed E-state index contributed by atoms with van der Waals surface area (Å²) in [7, 11) is -1.68. The van der Waals surface area contributed by atoms with Gasteiger partial charge in [-0.1, -0.05) is 34.6 Å². The molecule has 0 aliphatic heterocycles. The summed E-state index contributed by atoms with van der Waals surface area (Å²) in [4.78, 5) is 11.4. The van der Waals surface area contributed by atoms with Gasteiger partial charge in [-0.2, -0.15) is 0 Å². The highest BCUT2D eigenvalue weighted by molar-refractivity contribution is 6.74. The molecule has 1 atom stereocenters. The Morgan fingerprint density at radius 1 is 1.24 bits per heavy atom. The predicted octanol–water partition coefficient (Wildman–Crippen LogP) is 4.55. The SMILES string of the molecule is CCC(=O)CC[C@@H](CC)O[Si](C)(C)C(C)(C)C. The largest absolute Gasteiger partial charge is 0.414 e. The smallest absolute Gasteiger partial charge is 0.192 e. The highest BCUT2D eigenvalue weighted by Gasteiger charge is 2.38. The van der Waals surface area contributed by atoms with Crippen LogP contribution in [0, 0.1) is 0 Å². The minimum absolute atomic E-state index is 0.245. The van der Waals surface area contributed by atoms with Gasteiger partial charge in [-0.3, -0.25) is 4.79 Å². The standard InChI is InChI=1S/C14H30O2Si/c1-8-12(15)10-11-13(9-2)16-17(6,7)14(3,4)5/h13H,8-11H2,1-7H3/t13-/m1/s1. The zero-order valence-corrected chi connectivity index (χ0v) is 13.7. The lowest BCUT2D eigenvalue weighted by atomic mass is 10.1. The van der Waals surface area contributed by atoms with Crippen LogP contribution in [0.2, 0.25) is 18.1 Å². The first-order chi connectivity index (χ1) is 7.64. The Morgan fingerprint density at radius 2 is 1.76 bits per heavy atom. The van der Waals surface area contributed by atoms with Crippen LogP contribution in [0.5, 0.6) is 0 Å². The summed E-state index contributed by atoms with van der Waals surface area (Å²) in [5, 5.41) is 0.245. The Hall–Kier alpha value is -0.153. The summed E-state index contributed by atoms with van der Waals surface area (Å²) < 4.78 is 6.33. The first-order valence-corrected chi connectivity index (χ1v) is 9.74. The van der Waals surface area contributed by atoms with Crippen LogP contribution >= 0.6 is 0 Å². The van der Waals surface area contributed by atoms with E-state index in [-0.39, 0.29) is 11.1 Å². The lowest BCUT2D eigenvalue weighted by Crippen LogP contribution is -2.43. The van der Waals surface area contributed by atoms with E-state index in [0.717, 1.165) is 12.8 Å². The summed E-state index contributed by atoms with van der Waals surface area (Å²) in [6.45, 7) is 15.4. The fourth-order valence-corrected chi connectivity index (χ4v) is 2.91. The Balaban J connectivity index is 4.35. The molecule has 0 aliphatic rings. The van der Waals surface area contributed by atoms with Crippen molar-refractivity contribution in [3.63, 3.8) is 0 Å². The van der Waals surface area contributed by atoms with Crippen LogP contribution in [0.15, 0.2) is 0 Å². The molecule has 0 saturated heterocycles. The maximum absolute atomic E-state index is 11.4. The van der Waals surface area contributed by atoms with Crippen molar-refractivity contribution in [3.05, 3.63) is 0 Å². The number of rotatable bonds is 7. The quantitative estimate of drug-likeness (QED) is 0.626. The molecule has 102 valence electrons. The monoisotopic (exact) mass is 258 g/mol. The Morgan fingerprint density at radius 3 is 2.12 bits per heavy atom. The Labute approximate surface area is 108 Å². The number of ketones is 1. The molecule has 0 aliphatic carbocycles. The summed E-state index contributed by atoms with van der Waals surface area (Å²) in [6, 6.07) is 0. The molecule has 0 unspecified atom stereocenters. The fraction of sp³-hybridized carbons (Fsp3) is 0.929. The average molecular weight is 258 g/mol. The van der Waals surface area contributed by atoms with E-state index >= 15 is 0 Å². The van der Waals surface area contributed by atoms with Gasteiger partial charge in [0.05, 0.1) is 0 Å². The molecule has 0 rings (SSSR count). The van der Waals surface area contributed by atoms with Crippen molar-refractivity contribution in [3.8, 4) is 0 Å². The van der Waals surface area contributed by atoms with Gasteiger partial charge >= 0.3 is 0 Å². The molecule has 0 saturated carbocycles. The summed E-state index contributed by atoms with van der Waals surface area (Å²) in [6.07, 6.45) is 3.46. The van der Waals surface area contributed by atoms with Crippen LogP contribution in [-0.2, 0) is 9.22 Å². The van der Waals surface area contributed by atoms with Crippen LogP contribution < -0.4 is 0 Å². The van der Waals surface area contributed by atoms with Gasteiger partial charge in [0.15, 0.2) is 8.32 Å². The average Bonchev–Trinajstić information content (AvgIpc) is 2.21. The van der Waals surface area contributed by atoms with E-state index in [0.29, 0.717) is 18.6 Å². The Kier molecular flexibility index (Phi) is 6.63. The minimum atomic E-state index is -1.68. The third kappa shape index (κ3) is 5.82. The minimum Gasteiger partial charge on any atom is -0.414 e. The van der Waals surface area contributed by atoms with Gasteiger partial charge in [0.2, 0.25) is 0 Å². The molecule has 0 heterocycles. The molecule has 0 spiro atoms. The molecule has 0 bridgehead atoms. The van der Waals surface area contributed by atoms with Crippen molar-refractivity contribution in [2.24, 2.45) is 0 Å². The maximum atomic E-state index is 11.4. The number of hydrogen-bond donors (Lipinski definition) is 0. The molecule has 0 aromatic heterocycles. The third-order valence-electron chi connectivity index (χ3n) is 3.86. The van der Waals surface area contributed by atoms with Crippen LogP contribution in [0.4, 0.5) is 0 Å². The van der Waals surface area contributed by atoms with Crippen LogP contribution in [0.25, 0.3) is 0 Å². The van der Waals surface area contributed by atoms with E-state index in [1.807, 2.05) is 6.92 Å². The summed E-state index contributed by atoms with van der Waals surface area (Å²) in [5.41, 5.74) is 0. The van der Waals surface area contributed by atoms with Gasteiger partial charge in [0.25, 0.3) is 0 Å². The highest BCUT2D eigenvalue weighted by atomic mass is 28.4. The van der Waals surface area contributed by atoms with Gasteiger partial charge in [-0.15, -0.1) is 0 Å². The lowest BCUT2D eigenvalue weighted by molar-refractivity contribution is -0.119. The van der Waals surface area contributed by atoms with E-state index in [4.69, 9.17) is 4.43 Å². The van der Waals surface area contributed by atoms with Crippen molar-refractivity contribution in [2.45, 2.75) is 84.5 Å². The third-order valence-corrected chi connectivity index (χ3v) is 8.40. The number of hydrogen-bond acceptors (Lipinski definition) is 2. The van der Waals surface area contributed by atoms with Gasteiger partial charge in [-0.25, -0.2) is 0 Å². The van der Waals surface area contributed by atoms with Crippen LogP contribution in [0.1, 0.15) is 60.3 Å². The van der Waals surface area contributed by atoms with E-state index in [2.05, 4.69) is 40.8 Å². The van der Waals surface area contributed by atoms with Gasteiger partial charge in [0.1, 0.15) is 5.78 Å². The molecule has 0 aromatic carbocycles. The second-order valence-electron chi connectivity index (χ2n) is 6.34. The molecular formula is C14H30O2Si. The van der Waals surface area contributed by atoms with E-state index < -0.39 is 8.32 Å². The van der Waals surface area contributed by atoms with Crippen molar-refractivity contribution in [1.82, 2.24) is 0 Å². The predicted molar refractivity (Wildman–Crippen MR) is 76.9 cm³/mol. The van der Waals surface area contributed by atoms with E-state index in [1.54, 1.807) is 0 Å². The van der Waals surface area contributed by atoms with Crippen molar-refractivity contribution in [1.29, 1.82) is 0 Å². The molecular weight excluding hydrogens is 228 g/mol. The van der Waals surface area contributed by atoms with Crippen molar-refractivity contribution >= 4 is 14.1 Å². The van der Waals surface area contributed by atoms with Gasteiger partial charge in [-0.05, 0) is 31.0 Å². The van der Waals surface area contributed by atoms with Crippen molar-refractivity contribution in [2.75, 3.05) is 0 Å². The molecule has 3 heteroatoms. The zero-order chi connectivity index (χ0) is 13.7. The molecule has 2 nitrogen and oxygen atoms in total. The number of Topliss-reactive ketones (excluding diaryl/α,β-unsaturated/α-hetero) is 1. The number of carbonyl (C=O) groups excluding carboxylic acids is 1. The van der Waals surface area contributed by atoms with Crippen molar-refractivity contribution < 1.29 is 9.22 Å². The topological polar surface area (TPSA) is 26.3 Å². The lowest BCUT2D eigenvalue weighted by Gasteiger charge is -2.39. The summed E-state index contributed by atoms with van der Waals surface area (Å²) in [5.74, 6) is 0.349. The molecule has 0 N–H and O–H groups in total. The zero-order valence-electron chi connectivity index (χ0n) is 12.7. The molecule has 0 amide bonds. The molecule has 0 radical (unpaired) electrons. The highest BCUT2D eigenvalue weighted by Crippen LogP contribution is 2.38. The normalized spacial score (nSPS) is 14.8. The molecule has 17 heavy (non-hydrogen) atoms. The first-order valence-electron chi connectivity index (χ1n) is 6.83. The van der Waals surface area contributed by atoms with E-state index in [9.17, 15) is 4.79 Å². The summed E-state index contributed by atoms with van der Waals surface area (Å²) >= 11 is 0. The maximum Gasteiger partial charge on any atom is 0.192 e. The Bertz CT molecular complexity index is 241. The molecule has 0 aromatic rings. The van der Waals surface area contributed by atoms with Gasteiger partial charge in [0, 0.05) is 18.9 Å². The van der Waals surface area contributed by atoms with E-state index in [1.165, 1.54) is 0 Å². The second-order valence-corrected chi connectivity index (χ2v) is 11.1. The number of carbonyl (C=O) groups is 1.